The maximum Gasteiger partial charge on any atom is 0.198 e. The number of nitrogens with zero attached hydrogens (tertiary/aromatic N) is 3. The van der Waals surface area contributed by atoms with Crippen molar-refractivity contribution in [3.63, 3.8) is 0 Å². The molecular formula is C14H25N5O4S. The fourth-order valence-corrected chi connectivity index (χ4v) is 4.02. The number of aliphatic hydroxyl groups excluding tert-OH is 3. The normalized spacial score (nSPS) is 30.8. The molecule has 4 atom stereocenters. The summed E-state index contributed by atoms with van der Waals surface area (Å²) in [6.45, 7) is 0.236. The summed E-state index contributed by atoms with van der Waals surface area (Å²) in [5, 5.41) is 33.1. The van der Waals surface area contributed by atoms with Gasteiger partial charge in [0.25, 0.3) is 0 Å². The lowest BCUT2D eigenvalue weighted by Gasteiger charge is -2.41. The van der Waals surface area contributed by atoms with Crippen molar-refractivity contribution in [3.8, 4) is 0 Å². The van der Waals surface area contributed by atoms with E-state index in [-0.39, 0.29) is 36.0 Å². The molecule has 1 aliphatic heterocycles. The van der Waals surface area contributed by atoms with E-state index in [9.17, 15) is 19.5 Å². The third-order valence-corrected chi connectivity index (χ3v) is 5.90. The van der Waals surface area contributed by atoms with Crippen LogP contribution in [-0.4, -0.2) is 73.5 Å². The van der Waals surface area contributed by atoms with Gasteiger partial charge in [0.05, 0.1) is 24.9 Å². The summed E-state index contributed by atoms with van der Waals surface area (Å²) in [6, 6.07) is -0.324. The van der Waals surface area contributed by atoms with Gasteiger partial charge in [-0.25, -0.2) is 9.97 Å². The Morgan fingerprint density at radius 2 is 2.00 bits per heavy atom. The number of aliphatic hydroxyl groups is 3. The van der Waals surface area contributed by atoms with E-state index >= 15 is 0 Å². The quantitative estimate of drug-likeness (QED) is 0.277. The van der Waals surface area contributed by atoms with Crippen LogP contribution in [-0.2, 0) is 9.93 Å². The number of aromatic nitrogens is 2. The molecule has 1 saturated carbocycles. The molecule has 9 nitrogen and oxygen atoms in total. The van der Waals surface area contributed by atoms with Crippen LogP contribution >= 0.6 is 0 Å². The molecule has 4 unspecified atom stereocenters. The van der Waals surface area contributed by atoms with Crippen molar-refractivity contribution < 1.29 is 19.5 Å². The Bertz CT molecular complexity index is 681. The molecule has 2 heterocycles. The topological polar surface area (TPSA) is 145 Å². The molecule has 3 rings (SSSR count). The van der Waals surface area contributed by atoms with Crippen molar-refractivity contribution in [2.45, 2.75) is 36.2 Å². The molecule has 1 aromatic heterocycles. The second-order valence-corrected chi connectivity index (χ2v) is 9.98. The molecule has 0 bridgehead atoms. The van der Waals surface area contributed by atoms with Crippen LogP contribution in [0.25, 0.3) is 0 Å². The molecule has 0 saturated heterocycles. The number of anilines is 3. The molecule has 0 spiro atoms. The molecule has 0 amide bonds. The number of nitrogens with one attached hydrogen (secondary N) is 1. The standard InChI is InChI=1S/C14H25N5O4S/c1-24(2,23)14-17-12(15)11-13(18-14)19(6-16-11)8-3-7(5-20)9(21)4-10(8)22/h7-10,16,20-22,24H,3-6H2,1-2H3,(H2,15,17,18). The second-order valence-electron chi connectivity index (χ2n) is 6.88. The van der Waals surface area contributed by atoms with Crippen molar-refractivity contribution in [3.05, 3.63) is 0 Å². The van der Waals surface area contributed by atoms with Gasteiger partial charge in [-0.05, 0) is 18.9 Å². The summed E-state index contributed by atoms with van der Waals surface area (Å²) >= 11 is 0. The highest BCUT2D eigenvalue weighted by atomic mass is 32.2. The molecule has 0 radical (unpaired) electrons. The Morgan fingerprint density at radius 3 is 2.62 bits per heavy atom. The van der Waals surface area contributed by atoms with Crippen molar-refractivity contribution in [2.75, 3.05) is 41.7 Å². The molecule has 6 N–H and O–H groups in total. The zero-order valence-corrected chi connectivity index (χ0v) is 14.6. The first-order valence-electron chi connectivity index (χ1n) is 7.93. The van der Waals surface area contributed by atoms with Crippen LogP contribution in [0.3, 0.4) is 0 Å². The maximum absolute atomic E-state index is 12.3. The minimum atomic E-state index is -2.69. The van der Waals surface area contributed by atoms with Crippen molar-refractivity contribution in [2.24, 2.45) is 5.92 Å². The summed E-state index contributed by atoms with van der Waals surface area (Å²) in [7, 11) is -2.69. The summed E-state index contributed by atoms with van der Waals surface area (Å²) in [4.78, 5) is 10.4. The van der Waals surface area contributed by atoms with Gasteiger partial charge in [-0.15, -0.1) is 0 Å². The minimum Gasteiger partial charge on any atom is -0.396 e. The van der Waals surface area contributed by atoms with Crippen molar-refractivity contribution in [1.82, 2.24) is 9.97 Å². The van der Waals surface area contributed by atoms with E-state index in [0.29, 0.717) is 24.6 Å². The third kappa shape index (κ3) is 2.94. The van der Waals surface area contributed by atoms with E-state index in [1.807, 2.05) is 4.90 Å². The number of thiol groups is 1. The molecule has 1 fully saturated rings. The third-order valence-electron chi connectivity index (χ3n) is 4.74. The smallest absolute Gasteiger partial charge is 0.198 e. The SMILES string of the molecule is C[SH](C)(=O)c1nc(N)c2c(n1)N(C1CC(CO)C(O)CC1O)CN2. The average molecular weight is 359 g/mol. The number of fused-ring (bicyclic) bond motifs is 1. The van der Waals surface area contributed by atoms with E-state index in [2.05, 4.69) is 15.3 Å². The van der Waals surface area contributed by atoms with Crippen LogP contribution in [0.2, 0.25) is 0 Å². The Labute approximate surface area is 141 Å². The molecule has 1 aromatic rings. The first kappa shape index (κ1) is 17.3. The van der Waals surface area contributed by atoms with Crippen molar-refractivity contribution in [1.29, 1.82) is 0 Å². The van der Waals surface area contributed by atoms with Gasteiger partial charge in [-0.3, -0.25) is 4.21 Å². The van der Waals surface area contributed by atoms with Gasteiger partial charge in [-0.1, -0.05) is 9.93 Å². The van der Waals surface area contributed by atoms with E-state index < -0.39 is 22.1 Å². The van der Waals surface area contributed by atoms with Gasteiger partial charge < -0.3 is 31.3 Å². The van der Waals surface area contributed by atoms with Gasteiger partial charge in [-0.2, -0.15) is 0 Å². The molecule has 2 aliphatic rings. The van der Waals surface area contributed by atoms with E-state index in [0.717, 1.165) is 0 Å². The fraction of sp³-hybridized carbons (Fsp3) is 0.714. The lowest BCUT2D eigenvalue weighted by molar-refractivity contribution is -0.0292. The van der Waals surface area contributed by atoms with E-state index in [1.165, 1.54) is 0 Å². The molecule has 10 heteroatoms. The lowest BCUT2D eigenvalue weighted by atomic mass is 9.81. The van der Waals surface area contributed by atoms with Gasteiger partial charge >= 0.3 is 0 Å². The molecule has 24 heavy (non-hydrogen) atoms. The largest absolute Gasteiger partial charge is 0.396 e. The highest BCUT2D eigenvalue weighted by Gasteiger charge is 2.41. The van der Waals surface area contributed by atoms with Gasteiger partial charge in [0, 0.05) is 18.9 Å². The summed E-state index contributed by atoms with van der Waals surface area (Å²) in [5.41, 5.74) is 6.53. The summed E-state index contributed by atoms with van der Waals surface area (Å²) in [5.74, 6) is 0.438. The highest BCUT2D eigenvalue weighted by molar-refractivity contribution is 8.01. The number of rotatable bonds is 3. The summed E-state index contributed by atoms with van der Waals surface area (Å²) < 4.78 is 12.3. The van der Waals surface area contributed by atoms with Gasteiger partial charge in [0.15, 0.2) is 16.8 Å². The van der Waals surface area contributed by atoms with E-state index in [1.54, 1.807) is 12.5 Å². The zero-order chi connectivity index (χ0) is 17.6. The second kappa shape index (κ2) is 6.10. The number of hydrogen-bond donors (Lipinski definition) is 6. The monoisotopic (exact) mass is 359 g/mol. The fourth-order valence-electron chi connectivity index (χ4n) is 3.34. The first-order chi connectivity index (χ1) is 11.2. The predicted molar refractivity (Wildman–Crippen MR) is 92.7 cm³/mol. The minimum absolute atomic E-state index is 0.144. The van der Waals surface area contributed by atoms with Crippen LogP contribution in [0, 0.1) is 5.92 Å². The van der Waals surface area contributed by atoms with Crippen LogP contribution in [0.4, 0.5) is 17.3 Å². The van der Waals surface area contributed by atoms with Gasteiger partial charge in [0.1, 0.15) is 5.69 Å². The molecular weight excluding hydrogens is 334 g/mol. The molecule has 0 aromatic carbocycles. The number of nitrogen functional groups attached to an aromatic ring is 1. The summed E-state index contributed by atoms with van der Waals surface area (Å²) in [6.07, 6.45) is 2.28. The Morgan fingerprint density at radius 1 is 1.29 bits per heavy atom. The average Bonchev–Trinajstić information content (AvgIpc) is 2.91. The highest BCUT2D eigenvalue weighted by Crippen LogP contribution is 2.39. The predicted octanol–water partition coefficient (Wildman–Crippen LogP) is -1.62. The lowest BCUT2D eigenvalue weighted by Crippen LogP contribution is -2.52. The van der Waals surface area contributed by atoms with Crippen LogP contribution in [0.1, 0.15) is 12.8 Å². The molecule has 1 aliphatic carbocycles. The maximum atomic E-state index is 12.3. The molecule has 136 valence electrons. The number of nitrogens with two attached hydrogens (primary N) is 1. The Kier molecular flexibility index (Phi) is 4.41. The van der Waals surface area contributed by atoms with Gasteiger partial charge in [0.2, 0.25) is 0 Å². The Balaban J connectivity index is 1.96. The van der Waals surface area contributed by atoms with E-state index in [4.69, 9.17) is 5.73 Å². The Hall–Kier alpha value is -1.49. The zero-order valence-electron chi connectivity index (χ0n) is 13.8. The first-order valence-corrected chi connectivity index (χ1v) is 10.5. The van der Waals surface area contributed by atoms with Crippen LogP contribution in [0.5, 0.6) is 0 Å². The van der Waals surface area contributed by atoms with Crippen LogP contribution < -0.4 is 16.0 Å². The van der Waals surface area contributed by atoms with Crippen LogP contribution in [0.15, 0.2) is 5.16 Å². The van der Waals surface area contributed by atoms with Crippen molar-refractivity contribution >= 4 is 27.3 Å². The number of hydrogen-bond acceptors (Lipinski definition) is 9.